The molecular weight excluding hydrogens is 539 g/mol. The van der Waals surface area contributed by atoms with Gasteiger partial charge in [0.05, 0.1) is 11.0 Å². The number of ether oxygens (including phenoxy) is 1. The highest BCUT2D eigenvalue weighted by atomic mass is 127. The lowest BCUT2D eigenvalue weighted by atomic mass is 10.1. The van der Waals surface area contributed by atoms with E-state index in [-0.39, 0.29) is 36.1 Å². The monoisotopic (exact) mass is 572 g/mol. The Morgan fingerprint density at radius 1 is 1.09 bits per heavy atom. The first kappa shape index (κ1) is 26.6. The van der Waals surface area contributed by atoms with E-state index in [2.05, 4.69) is 39.4 Å². The van der Waals surface area contributed by atoms with E-state index in [1.165, 1.54) is 5.56 Å². The van der Waals surface area contributed by atoms with E-state index in [1.54, 1.807) is 19.2 Å². The topological polar surface area (TPSA) is 91.8 Å². The molecule has 1 aliphatic rings. The van der Waals surface area contributed by atoms with E-state index in [0.717, 1.165) is 31.4 Å². The molecule has 3 rings (SSSR count). The molecule has 0 radical (unpaired) electrons. The van der Waals surface area contributed by atoms with Crippen molar-refractivity contribution in [2.45, 2.75) is 49.8 Å². The molecule has 1 fully saturated rings. The molecule has 0 amide bonds. The van der Waals surface area contributed by atoms with Crippen LogP contribution in [0.5, 0.6) is 0 Å². The summed E-state index contributed by atoms with van der Waals surface area (Å²) in [6.45, 7) is 4.01. The van der Waals surface area contributed by atoms with Crippen LogP contribution >= 0.6 is 24.0 Å². The summed E-state index contributed by atoms with van der Waals surface area (Å²) in [6, 6.07) is 17.2. The fourth-order valence-corrected chi connectivity index (χ4v) is 4.35. The summed E-state index contributed by atoms with van der Waals surface area (Å²) < 4.78 is 33.0. The van der Waals surface area contributed by atoms with E-state index < -0.39 is 10.0 Å². The first-order valence-electron chi connectivity index (χ1n) is 10.7. The lowest BCUT2D eigenvalue weighted by Crippen LogP contribution is -2.37. The van der Waals surface area contributed by atoms with Gasteiger partial charge in [0, 0.05) is 32.8 Å². The molecule has 9 heteroatoms. The van der Waals surface area contributed by atoms with Gasteiger partial charge in [-0.2, -0.15) is 0 Å². The largest absolute Gasteiger partial charge is 0.374 e. The van der Waals surface area contributed by atoms with Crippen molar-refractivity contribution in [2.24, 2.45) is 4.99 Å². The van der Waals surface area contributed by atoms with Gasteiger partial charge in [-0.05, 0) is 49.4 Å². The third-order valence-electron chi connectivity index (χ3n) is 5.07. The molecule has 0 aliphatic heterocycles. The van der Waals surface area contributed by atoms with Crippen molar-refractivity contribution < 1.29 is 13.2 Å². The molecule has 0 heterocycles. The molecule has 3 N–H and O–H groups in total. The van der Waals surface area contributed by atoms with Gasteiger partial charge in [0.25, 0.3) is 0 Å². The molecule has 1 saturated carbocycles. The number of halogens is 1. The van der Waals surface area contributed by atoms with Gasteiger partial charge in [-0.3, -0.25) is 4.99 Å². The number of guanidine groups is 1. The molecule has 176 valence electrons. The van der Waals surface area contributed by atoms with Gasteiger partial charge in [0.2, 0.25) is 10.0 Å². The van der Waals surface area contributed by atoms with Crippen LogP contribution in [0.25, 0.3) is 0 Å². The Bertz CT molecular complexity index is 949. The number of rotatable bonds is 11. The van der Waals surface area contributed by atoms with E-state index in [0.29, 0.717) is 24.0 Å². The van der Waals surface area contributed by atoms with E-state index >= 15 is 0 Å². The maximum Gasteiger partial charge on any atom is 0.240 e. The first-order chi connectivity index (χ1) is 15.0. The predicted molar refractivity (Wildman–Crippen MR) is 139 cm³/mol. The zero-order valence-corrected chi connectivity index (χ0v) is 21.7. The number of sulfonamides is 1. The minimum Gasteiger partial charge on any atom is -0.374 e. The van der Waals surface area contributed by atoms with Crippen LogP contribution < -0.4 is 15.4 Å². The summed E-state index contributed by atoms with van der Waals surface area (Å²) in [5.41, 5.74) is 2.16. The predicted octanol–water partition coefficient (Wildman–Crippen LogP) is 3.58. The SMILES string of the molecule is CN=C(NCCCOC(C)c1ccccc1)NCc1ccc(S(=O)(=O)NC2CC2)cc1.I. The highest BCUT2D eigenvalue weighted by molar-refractivity contribution is 14.0. The Hall–Kier alpha value is -1.69. The second-order valence-corrected chi connectivity index (χ2v) is 9.38. The zero-order valence-electron chi connectivity index (χ0n) is 18.6. The second-order valence-electron chi connectivity index (χ2n) is 7.67. The molecule has 2 aromatic rings. The van der Waals surface area contributed by atoms with Crippen molar-refractivity contribution in [1.29, 1.82) is 0 Å². The first-order valence-corrected chi connectivity index (χ1v) is 12.2. The highest BCUT2D eigenvalue weighted by Gasteiger charge is 2.27. The van der Waals surface area contributed by atoms with Crippen molar-refractivity contribution in [2.75, 3.05) is 20.2 Å². The van der Waals surface area contributed by atoms with Crippen molar-refractivity contribution in [1.82, 2.24) is 15.4 Å². The summed E-state index contributed by atoms with van der Waals surface area (Å²) in [5, 5.41) is 6.52. The van der Waals surface area contributed by atoms with Crippen LogP contribution in [0.3, 0.4) is 0 Å². The zero-order chi connectivity index (χ0) is 22.1. The smallest absolute Gasteiger partial charge is 0.240 e. The average molecular weight is 573 g/mol. The van der Waals surface area contributed by atoms with Gasteiger partial charge < -0.3 is 15.4 Å². The number of nitrogens with one attached hydrogen (secondary N) is 3. The van der Waals surface area contributed by atoms with Crippen molar-refractivity contribution in [3.63, 3.8) is 0 Å². The summed E-state index contributed by atoms with van der Waals surface area (Å²) in [4.78, 5) is 4.53. The van der Waals surface area contributed by atoms with Crippen LogP contribution in [-0.2, 0) is 21.3 Å². The van der Waals surface area contributed by atoms with Crippen molar-refractivity contribution in [3.05, 3.63) is 65.7 Å². The second kappa shape index (κ2) is 13.1. The Labute approximate surface area is 208 Å². The molecular formula is C23H33IN4O3S. The number of benzene rings is 2. The average Bonchev–Trinajstić information content (AvgIpc) is 3.59. The van der Waals surface area contributed by atoms with E-state index in [9.17, 15) is 8.42 Å². The van der Waals surface area contributed by atoms with Crippen LogP contribution in [0.1, 0.15) is 43.4 Å². The van der Waals surface area contributed by atoms with Crippen LogP contribution in [-0.4, -0.2) is 40.6 Å². The summed E-state index contributed by atoms with van der Waals surface area (Å²) in [7, 11) is -1.68. The molecule has 1 unspecified atom stereocenters. The van der Waals surface area contributed by atoms with Crippen LogP contribution in [0.4, 0.5) is 0 Å². The number of hydrogen-bond donors (Lipinski definition) is 3. The molecule has 32 heavy (non-hydrogen) atoms. The van der Waals surface area contributed by atoms with Gasteiger partial charge in [-0.15, -0.1) is 24.0 Å². The molecule has 0 spiro atoms. The normalized spacial score (nSPS) is 15.0. The van der Waals surface area contributed by atoms with Gasteiger partial charge in [-0.1, -0.05) is 42.5 Å². The van der Waals surface area contributed by atoms with Crippen LogP contribution in [0, 0.1) is 0 Å². The van der Waals surface area contributed by atoms with Crippen LogP contribution in [0.15, 0.2) is 64.5 Å². The molecule has 1 atom stereocenters. The van der Waals surface area contributed by atoms with Gasteiger partial charge >= 0.3 is 0 Å². The molecule has 0 bridgehead atoms. The summed E-state index contributed by atoms with van der Waals surface area (Å²) in [5.74, 6) is 0.697. The lowest BCUT2D eigenvalue weighted by Gasteiger charge is -2.15. The minimum absolute atomic E-state index is 0. The molecule has 1 aliphatic carbocycles. The Morgan fingerprint density at radius 3 is 2.41 bits per heavy atom. The van der Waals surface area contributed by atoms with Crippen molar-refractivity contribution >= 4 is 40.0 Å². The summed E-state index contributed by atoms with van der Waals surface area (Å²) >= 11 is 0. The fourth-order valence-electron chi connectivity index (χ4n) is 3.04. The molecule has 0 saturated heterocycles. The number of aliphatic imine (C=N–C) groups is 1. The highest BCUT2D eigenvalue weighted by Crippen LogP contribution is 2.22. The maximum absolute atomic E-state index is 12.2. The van der Waals surface area contributed by atoms with Crippen LogP contribution in [0.2, 0.25) is 0 Å². The van der Waals surface area contributed by atoms with Gasteiger partial charge in [0.15, 0.2) is 5.96 Å². The lowest BCUT2D eigenvalue weighted by molar-refractivity contribution is 0.0646. The third kappa shape index (κ3) is 8.68. The van der Waals surface area contributed by atoms with E-state index in [1.807, 2.05) is 30.3 Å². The molecule has 7 nitrogen and oxygen atoms in total. The maximum atomic E-state index is 12.2. The van der Waals surface area contributed by atoms with Gasteiger partial charge in [-0.25, -0.2) is 13.1 Å². The quantitative estimate of drug-likeness (QED) is 0.166. The third-order valence-corrected chi connectivity index (χ3v) is 6.60. The number of hydrogen-bond acceptors (Lipinski definition) is 4. The minimum atomic E-state index is -3.41. The fraction of sp³-hybridized carbons (Fsp3) is 0.435. The summed E-state index contributed by atoms with van der Waals surface area (Å²) in [6.07, 6.45) is 2.78. The Morgan fingerprint density at radius 2 is 1.78 bits per heavy atom. The Kier molecular flexibility index (Phi) is 10.9. The number of nitrogens with zero attached hydrogens (tertiary/aromatic N) is 1. The Balaban J connectivity index is 0.00000363. The van der Waals surface area contributed by atoms with Gasteiger partial charge in [0.1, 0.15) is 0 Å². The standard InChI is InChI=1S/C23H32N4O3S.HI/c1-18(20-7-4-3-5-8-20)30-16-6-15-25-23(24-2)26-17-19-9-13-22(14-10-19)31(28,29)27-21-11-12-21;/h3-5,7-10,13-14,18,21,27H,6,11-12,15-17H2,1-2H3,(H2,24,25,26);1H. The molecule has 2 aromatic carbocycles. The molecule has 0 aromatic heterocycles. The van der Waals surface area contributed by atoms with E-state index in [4.69, 9.17) is 4.74 Å². The van der Waals surface area contributed by atoms with Crippen molar-refractivity contribution in [3.8, 4) is 0 Å².